The zero-order valence-corrected chi connectivity index (χ0v) is 11.2. The zero-order chi connectivity index (χ0) is 14.0. The lowest BCUT2D eigenvalue weighted by molar-refractivity contribution is 0.443. The highest BCUT2D eigenvalue weighted by Crippen LogP contribution is 2.21. The molecular formula is C14H17F2N3. The number of nitrogens with zero attached hydrogens (tertiary/aromatic N) is 2. The normalized spacial score (nSPS) is 12.7. The van der Waals surface area contributed by atoms with E-state index in [4.69, 9.17) is 0 Å². The topological polar surface area (TPSA) is 29.9 Å². The predicted molar refractivity (Wildman–Crippen MR) is 69.9 cm³/mol. The molecular weight excluding hydrogens is 248 g/mol. The molecule has 0 bridgehead atoms. The van der Waals surface area contributed by atoms with Crippen molar-refractivity contribution >= 4 is 0 Å². The molecule has 0 spiro atoms. The number of nitrogens with one attached hydrogen (secondary N) is 1. The van der Waals surface area contributed by atoms with Gasteiger partial charge in [0.1, 0.15) is 0 Å². The van der Waals surface area contributed by atoms with Crippen molar-refractivity contribution in [2.75, 3.05) is 7.05 Å². The maximum atomic E-state index is 13.8. The van der Waals surface area contributed by atoms with Crippen molar-refractivity contribution in [3.63, 3.8) is 0 Å². The summed E-state index contributed by atoms with van der Waals surface area (Å²) in [6, 6.07) is 3.93. The number of halogens is 2. The number of hydrogen-bond acceptors (Lipinski definition) is 2. The van der Waals surface area contributed by atoms with Crippen molar-refractivity contribution in [2.24, 2.45) is 0 Å². The molecule has 1 heterocycles. The molecule has 5 heteroatoms. The summed E-state index contributed by atoms with van der Waals surface area (Å²) in [6.07, 6.45) is 1.71. The lowest BCUT2D eigenvalue weighted by atomic mass is 10.1. The molecule has 102 valence electrons. The fourth-order valence-corrected chi connectivity index (χ4v) is 2.06. The van der Waals surface area contributed by atoms with Crippen molar-refractivity contribution < 1.29 is 8.78 Å². The van der Waals surface area contributed by atoms with Gasteiger partial charge in [-0.15, -0.1) is 0 Å². The van der Waals surface area contributed by atoms with Gasteiger partial charge >= 0.3 is 0 Å². The monoisotopic (exact) mass is 265 g/mol. The molecule has 1 atom stereocenters. The number of likely N-dealkylation sites (N-methyl/N-ethyl adjacent to an activating group) is 1. The first-order valence-electron chi connectivity index (χ1n) is 6.14. The molecule has 0 radical (unpaired) electrons. The van der Waals surface area contributed by atoms with E-state index in [0.717, 1.165) is 17.5 Å². The molecule has 0 saturated carbocycles. The molecule has 1 N–H and O–H groups in total. The van der Waals surface area contributed by atoms with Gasteiger partial charge in [0.15, 0.2) is 11.6 Å². The third-order valence-electron chi connectivity index (χ3n) is 3.43. The Morgan fingerprint density at radius 3 is 2.63 bits per heavy atom. The Bertz CT molecular complexity index is 578. The molecule has 0 aliphatic carbocycles. The van der Waals surface area contributed by atoms with Crippen LogP contribution in [0.25, 0.3) is 0 Å². The minimum absolute atomic E-state index is 0.303. The van der Waals surface area contributed by atoms with Gasteiger partial charge < -0.3 is 9.88 Å². The van der Waals surface area contributed by atoms with Crippen molar-refractivity contribution in [3.8, 4) is 0 Å². The van der Waals surface area contributed by atoms with Gasteiger partial charge in [0.05, 0.1) is 18.1 Å². The number of aromatic nitrogens is 2. The second-order valence-corrected chi connectivity index (χ2v) is 4.55. The summed E-state index contributed by atoms with van der Waals surface area (Å²) in [7, 11) is 1.73. The first-order chi connectivity index (χ1) is 9.04. The molecule has 0 aliphatic heterocycles. The third kappa shape index (κ3) is 2.66. The van der Waals surface area contributed by atoms with Gasteiger partial charge in [-0.3, -0.25) is 0 Å². The van der Waals surface area contributed by atoms with E-state index in [1.807, 2.05) is 18.4 Å². The Balaban J connectivity index is 2.30. The van der Waals surface area contributed by atoms with E-state index in [9.17, 15) is 8.78 Å². The zero-order valence-electron chi connectivity index (χ0n) is 11.2. The summed E-state index contributed by atoms with van der Waals surface area (Å²) in [6.45, 7) is 4.38. The van der Waals surface area contributed by atoms with Gasteiger partial charge in [-0.2, -0.15) is 0 Å². The molecule has 0 saturated heterocycles. The molecule has 2 aromatic rings. The summed E-state index contributed by atoms with van der Waals surface area (Å²) in [4.78, 5) is 4.20. The lowest BCUT2D eigenvalue weighted by Crippen LogP contribution is -2.23. The molecule has 2 rings (SSSR count). The Morgan fingerprint density at radius 2 is 2.05 bits per heavy atom. The maximum absolute atomic E-state index is 13.8. The second kappa shape index (κ2) is 5.48. The van der Waals surface area contributed by atoms with Gasteiger partial charge in [-0.1, -0.05) is 12.1 Å². The smallest absolute Gasteiger partial charge is 0.163 e. The average Bonchev–Trinajstić information content (AvgIpc) is 2.71. The van der Waals surface area contributed by atoms with Crippen LogP contribution in [0.5, 0.6) is 0 Å². The minimum atomic E-state index is -0.823. The van der Waals surface area contributed by atoms with Crippen LogP contribution in [0.3, 0.4) is 0 Å². The predicted octanol–water partition coefficient (Wildman–Crippen LogP) is 2.74. The van der Waals surface area contributed by atoms with E-state index in [2.05, 4.69) is 10.3 Å². The van der Waals surface area contributed by atoms with Crippen LogP contribution >= 0.6 is 0 Å². The molecule has 1 unspecified atom stereocenters. The summed E-state index contributed by atoms with van der Waals surface area (Å²) >= 11 is 0. The van der Waals surface area contributed by atoms with Crippen molar-refractivity contribution in [1.29, 1.82) is 0 Å². The number of hydrogen-bond donors (Lipinski definition) is 1. The van der Waals surface area contributed by atoms with Crippen LogP contribution < -0.4 is 5.32 Å². The highest BCUT2D eigenvalue weighted by Gasteiger charge is 2.18. The molecule has 0 aliphatic rings. The Kier molecular flexibility index (Phi) is 3.95. The standard InChI is InChI=1S/C14H17F2N3/c1-9-10(2)19(8-18-9)7-13(17-3)11-5-4-6-12(15)14(11)16/h4-6,8,13,17H,7H2,1-3H3. The number of imidazole rings is 1. The number of rotatable bonds is 4. The van der Waals surface area contributed by atoms with Gasteiger partial charge in [0, 0.05) is 17.8 Å². The van der Waals surface area contributed by atoms with E-state index < -0.39 is 11.6 Å². The number of aryl methyl sites for hydroxylation is 1. The molecule has 3 nitrogen and oxygen atoms in total. The first kappa shape index (κ1) is 13.7. The van der Waals surface area contributed by atoms with E-state index in [-0.39, 0.29) is 6.04 Å². The van der Waals surface area contributed by atoms with Crippen LogP contribution in [0.15, 0.2) is 24.5 Å². The molecule has 0 amide bonds. The quantitative estimate of drug-likeness (QED) is 0.921. The van der Waals surface area contributed by atoms with E-state index in [1.54, 1.807) is 19.4 Å². The third-order valence-corrected chi connectivity index (χ3v) is 3.43. The van der Waals surface area contributed by atoms with Crippen molar-refractivity contribution in [3.05, 3.63) is 53.1 Å². The van der Waals surface area contributed by atoms with Crippen molar-refractivity contribution in [1.82, 2.24) is 14.9 Å². The maximum Gasteiger partial charge on any atom is 0.163 e. The second-order valence-electron chi connectivity index (χ2n) is 4.55. The Morgan fingerprint density at radius 1 is 1.32 bits per heavy atom. The summed E-state index contributed by atoms with van der Waals surface area (Å²) in [5.41, 5.74) is 2.29. The van der Waals surface area contributed by atoms with Crippen LogP contribution in [-0.2, 0) is 6.54 Å². The Labute approximate surface area is 111 Å². The summed E-state index contributed by atoms with van der Waals surface area (Å²) in [5, 5.41) is 3.02. The summed E-state index contributed by atoms with van der Waals surface area (Å²) < 4.78 is 29.0. The molecule has 0 fully saturated rings. The fraction of sp³-hybridized carbons (Fsp3) is 0.357. The van der Waals surface area contributed by atoms with E-state index in [0.29, 0.717) is 12.1 Å². The van der Waals surface area contributed by atoms with E-state index in [1.165, 1.54) is 6.07 Å². The van der Waals surface area contributed by atoms with Crippen LogP contribution in [0, 0.1) is 25.5 Å². The van der Waals surface area contributed by atoms with Crippen LogP contribution in [0.4, 0.5) is 8.78 Å². The Hall–Kier alpha value is -1.75. The van der Waals surface area contributed by atoms with Crippen LogP contribution in [0.1, 0.15) is 23.0 Å². The minimum Gasteiger partial charge on any atom is -0.333 e. The molecule has 1 aromatic carbocycles. The van der Waals surface area contributed by atoms with Gasteiger partial charge in [-0.05, 0) is 27.0 Å². The average molecular weight is 265 g/mol. The molecule has 1 aromatic heterocycles. The fourth-order valence-electron chi connectivity index (χ4n) is 2.06. The molecule has 19 heavy (non-hydrogen) atoms. The van der Waals surface area contributed by atoms with Gasteiger partial charge in [0.2, 0.25) is 0 Å². The highest BCUT2D eigenvalue weighted by molar-refractivity contribution is 5.23. The van der Waals surface area contributed by atoms with Crippen molar-refractivity contribution in [2.45, 2.75) is 26.4 Å². The van der Waals surface area contributed by atoms with Crippen LogP contribution in [0.2, 0.25) is 0 Å². The lowest BCUT2D eigenvalue weighted by Gasteiger charge is -2.19. The first-order valence-corrected chi connectivity index (χ1v) is 6.14. The highest BCUT2D eigenvalue weighted by atomic mass is 19.2. The van der Waals surface area contributed by atoms with Crippen LogP contribution in [-0.4, -0.2) is 16.6 Å². The van der Waals surface area contributed by atoms with Gasteiger partial charge in [0.25, 0.3) is 0 Å². The largest absolute Gasteiger partial charge is 0.333 e. The van der Waals surface area contributed by atoms with Gasteiger partial charge in [-0.25, -0.2) is 13.8 Å². The summed E-state index contributed by atoms with van der Waals surface area (Å²) in [5.74, 6) is -1.62. The SMILES string of the molecule is CNC(Cn1cnc(C)c1C)c1cccc(F)c1F. The number of benzene rings is 1. The van der Waals surface area contributed by atoms with E-state index >= 15 is 0 Å².